The molecule has 0 bridgehead atoms. The van der Waals surface area contributed by atoms with Crippen LogP contribution in [-0.2, 0) is 20.4 Å². The normalized spacial score (nSPS) is 8.94. The number of hydrogen-bond acceptors (Lipinski definition) is 0. The van der Waals surface area contributed by atoms with E-state index in [1.165, 1.54) is 10.8 Å². The molecular formula is C12H10Cl2N2Pd+2. The Labute approximate surface area is 125 Å². The molecule has 2 aromatic heterocycles. The molecule has 3 aromatic rings. The minimum Gasteiger partial charge on any atom is -1.00 e. The van der Waals surface area contributed by atoms with Gasteiger partial charge in [0, 0.05) is 12.1 Å². The van der Waals surface area contributed by atoms with Crippen LogP contribution in [-0.4, -0.2) is 0 Å². The van der Waals surface area contributed by atoms with Gasteiger partial charge in [-0.1, -0.05) is 0 Å². The van der Waals surface area contributed by atoms with Crippen LogP contribution in [0, 0.1) is 0 Å². The van der Waals surface area contributed by atoms with E-state index in [1.807, 2.05) is 24.5 Å². The van der Waals surface area contributed by atoms with Gasteiger partial charge in [-0.3, -0.25) is 0 Å². The molecule has 2 N–H and O–H groups in total. The van der Waals surface area contributed by atoms with Crippen molar-refractivity contribution >= 4 is 21.8 Å². The maximum Gasteiger partial charge on any atom is 2.00 e. The molecule has 0 fully saturated rings. The van der Waals surface area contributed by atoms with Crippen molar-refractivity contribution in [3.8, 4) is 0 Å². The SMILES string of the molecule is [Cl-].[Cl-].[Pd+2].c1c[nH+]c2c(c1)ccc1ccc[nH+]c12. The zero-order chi connectivity index (χ0) is 9.38. The van der Waals surface area contributed by atoms with Crippen molar-refractivity contribution < 1.29 is 55.2 Å². The molecule has 0 atom stereocenters. The Morgan fingerprint density at radius 1 is 0.647 bits per heavy atom. The number of halogens is 2. The van der Waals surface area contributed by atoms with E-state index in [9.17, 15) is 0 Å². The molecule has 2 nitrogen and oxygen atoms in total. The summed E-state index contributed by atoms with van der Waals surface area (Å²) in [4.78, 5) is 6.53. The van der Waals surface area contributed by atoms with Gasteiger partial charge in [-0.2, -0.15) is 0 Å². The predicted molar refractivity (Wildman–Crippen MR) is 54.6 cm³/mol. The third kappa shape index (κ3) is 2.94. The van der Waals surface area contributed by atoms with E-state index in [4.69, 9.17) is 0 Å². The molecule has 0 saturated heterocycles. The van der Waals surface area contributed by atoms with Crippen molar-refractivity contribution in [3.63, 3.8) is 0 Å². The summed E-state index contributed by atoms with van der Waals surface area (Å²) in [5, 5.41) is 2.45. The van der Waals surface area contributed by atoms with E-state index in [1.54, 1.807) is 0 Å². The summed E-state index contributed by atoms with van der Waals surface area (Å²) >= 11 is 0. The largest absolute Gasteiger partial charge is 2.00 e. The number of benzene rings is 1. The van der Waals surface area contributed by atoms with Crippen LogP contribution in [0.1, 0.15) is 0 Å². The maximum atomic E-state index is 3.26. The number of rotatable bonds is 0. The van der Waals surface area contributed by atoms with Crippen LogP contribution < -0.4 is 34.8 Å². The number of nitrogens with one attached hydrogen (secondary N) is 2. The number of H-pyrrole nitrogens is 2. The minimum atomic E-state index is 0. The van der Waals surface area contributed by atoms with E-state index in [-0.39, 0.29) is 45.2 Å². The van der Waals surface area contributed by atoms with Crippen LogP contribution in [0.4, 0.5) is 0 Å². The second-order valence-electron chi connectivity index (χ2n) is 3.33. The summed E-state index contributed by atoms with van der Waals surface area (Å²) in [5.41, 5.74) is 2.32. The molecule has 3 rings (SSSR count). The molecule has 0 aliphatic rings. The Bertz CT molecular complexity index is 561. The van der Waals surface area contributed by atoms with Gasteiger partial charge in [0.25, 0.3) is 11.0 Å². The zero-order valence-electron chi connectivity index (χ0n) is 8.69. The van der Waals surface area contributed by atoms with Crippen LogP contribution in [0.25, 0.3) is 21.8 Å². The van der Waals surface area contributed by atoms with E-state index < -0.39 is 0 Å². The maximum absolute atomic E-state index is 3.26. The fraction of sp³-hybridized carbons (Fsp3) is 0. The summed E-state index contributed by atoms with van der Waals surface area (Å²) in [6.45, 7) is 0. The topological polar surface area (TPSA) is 28.3 Å². The smallest absolute Gasteiger partial charge is 1.00 e. The number of aromatic amines is 2. The second kappa shape index (κ2) is 6.88. The van der Waals surface area contributed by atoms with Gasteiger partial charge in [0.05, 0.1) is 10.8 Å². The Hall–Kier alpha value is -0.718. The molecule has 17 heavy (non-hydrogen) atoms. The molecule has 0 radical (unpaired) electrons. The molecule has 2 heterocycles. The predicted octanol–water partition coefficient (Wildman–Crippen LogP) is -4.37. The Balaban J connectivity index is 0.000000853. The van der Waals surface area contributed by atoms with Gasteiger partial charge < -0.3 is 24.8 Å². The summed E-state index contributed by atoms with van der Waals surface area (Å²) in [5.74, 6) is 0. The van der Waals surface area contributed by atoms with Crippen molar-refractivity contribution in [1.82, 2.24) is 0 Å². The van der Waals surface area contributed by atoms with Crippen LogP contribution in [0.15, 0.2) is 48.8 Å². The van der Waals surface area contributed by atoms with Crippen molar-refractivity contribution in [3.05, 3.63) is 48.8 Å². The number of aromatic nitrogens is 2. The van der Waals surface area contributed by atoms with Crippen LogP contribution >= 0.6 is 0 Å². The molecule has 0 aliphatic heterocycles. The van der Waals surface area contributed by atoms with Gasteiger partial charge >= 0.3 is 20.4 Å². The van der Waals surface area contributed by atoms with E-state index in [2.05, 4.69) is 34.2 Å². The van der Waals surface area contributed by atoms with E-state index >= 15 is 0 Å². The summed E-state index contributed by atoms with van der Waals surface area (Å²) < 4.78 is 0. The second-order valence-corrected chi connectivity index (χ2v) is 3.33. The van der Waals surface area contributed by atoms with Gasteiger partial charge in [0.15, 0.2) is 12.4 Å². The molecule has 0 spiro atoms. The average molecular weight is 360 g/mol. The van der Waals surface area contributed by atoms with Gasteiger partial charge in [-0.15, -0.1) is 0 Å². The molecule has 90 valence electrons. The van der Waals surface area contributed by atoms with Crippen LogP contribution in [0.3, 0.4) is 0 Å². The summed E-state index contributed by atoms with van der Waals surface area (Å²) in [6, 6.07) is 12.5. The minimum absolute atomic E-state index is 0. The Kier molecular flexibility index (Phi) is 6.59. The third-order valence-corrected chi connectivity index (χ3v) is 2.47. The number of pyridine rings is 2. The Morgan fingerprint density at radius 2 is 1.06 bits per heavy atom. The van der Waals surface area contributed by atoms with Crippen LogP contribution in [0.5, 0.6) is 0 Å². The van der Waals surface area contributed by atoms with Crippen molar-refractivity contribution in [1.29, 1.82) is 0 Å². The Morgan fingerprint density at radius 3 is 1.47 bits per heavy atom. The van der Waals surface area contributed by atoms with E-state index in [0.717, 1.165) is 11.0 Å². The first kappa shape index (κ1) is 16.3. The van der Waals surface area contributed by atoms with Crippen molar-refractivity contribution in [2.24, 2.45) is 0 Å². The molecule has 0 aliphatic carbocycles. The van der Waals surface area contributed by atoms with Crippen molar-refractivity contribution in [2.75, 3.05) is 0 Å². The van der Waals surface area contributed by atoms with Crippen LogP contribution in [0.2, 0.25) is 0 Å². The standard InChI is InChI=1S/C12H8N2.2ClH.Pd/c1-3-9-5-6-10-4-2-8-14-12(10)11(9)13-7-1;;;/h1-8H;2*1H;/q;;;+2. The average Bonchev–Trinajstić information content (AvgIpc) is 2.29. The molecular weight excluding hydrogens is 349 g/mol. The summed E-state index contributed by atoms with van der Waals surface area (Å²) in [6.07, 6.45) is 3.89. The first-order chi connectivity index (χ1) is 6.95. The monoisotopic (exact) mass is 358 g/mol. The molecule has 0 amide bonds. The first-order valence-electron chi connectivity index (χ1n) is 4.65. The fourth-order valence-electron chi connectivity index (χ4n) is 1.79. The van der Waals surface area contributed by atoms with Gasteiger partial charge in [-0.25, -0.2) is 9.97 Å². The number of fused-ring (bicyclic) bond motifs is 3. The third-order valence-electron chi connectivity index (χ3n) is 2.47. The fourth-order valence-corrected chi connectivity index (χ4v) is 1.79. The number of hydrogen-bond donors (Lipinski definition) is 0. The molecule has 0 unspecified atom stereocenters. The van der Waals surface area contributed by atoms with Gasteiger partial charge in [-0.05, 0) is 24.3 Å². The zero-order valence-corrected chi connectivity index (χ0v) is 11.8. The van der Waals surface area contributed by atoms with Gasteiger partial charge in [0.2, 0.25) is 0 Å². The molecule has 0 saturated carbocycles. The van der Waals surface area contributed by atoms with Gasteiger partial charge in [0.1, 0.15) is 0 Å². The molecule has 5 heteroatoms. The summed E-state index contributed by atoms with van der Waals surface area (Å²) in [7, 11) is 0. The first-order valence-corrected chi connectivity index (χ1v) is 4.65. The quantitative estimate of drug-likeness (QED) is 0.287. The van der Waals surface area contributed by atoms with E-state index in [0.29, 0.717) is 0 Å². The van der Waals surface area contributed by atoms with Crippen molar-refractivity contribution in [2.45, 2.75) is 0 Å². The molecule has 1 aromatic carbocycles.